The van der Waals surface area contributed by atoms with Gasteiger partial charge in [-0.3, -0.25) is 4.79 Å². The van der Waals surface area contributed by atoms with Crippen LogP contribution in [0, 0.1) is 6.92 Å². The molecule has 7 nitrogen and oxygen atoms in total. The van der Waals surface area contributed by atoms with E-state index in [2.05, 4.69) is 17.3 Å². The molecule has 0 radical (unpaired) electrons. The summed E-state index contributed by atoms with van der Waals surface area (Å²) in [5.74, 6) is 0.408. The van der Waals surface area contributed by atoms with Crippen LogP contribution >= 0.6 is 0 Å². The Morgan fingerprint density at radius 2 is 2.03 bits per heavy atom. The van der Waals surface area contributed by atoms with Gasteiger partial charge >= 0.3 is 0 Å². The lowest BCUT2D eigenvalue weighted by molar-refractivity contribution is 0.102. The second-order valence-electron chi connectivity index (χ2n) is 8.66. The van der Waals surface area contributed by atoms with Crippen LogP contribution in [0.1, 0.15) is 65.5 Å². The van der Waals surface area contributed by atoms with Crippen molar-refractivity contribution in [2.75, 3.05) is 16.8 Å². The maximum Gasteiger partial charge on any atom is 0.256 e. The fraction of sp³-hybridized carbons (Fsp3) is 0.435. The first-order chi connectivity index (χ1) is 14.8. The highest BCUT2D eigenvalue weighted by Gasteiger charge is 2.34. The minimum atomic E-state index is -3.06. The molecule has 31 heavy (non-hydrogen) atoms. The Morgan fingerprint density at radius 3 is 2.71 bits per heavy atom. The van der Waals surface area contributed by atoms with E-state index in [1.54, 1.807) is 4.68 Å². The molecule has 0 spiro atoms. The molecule has 1 unspecified atom stereocenters. The molecule has 0 bridgehead atoms. The van der Waals surface area contributed by atoms with Crippen molar-refractivity contribution in [2.24, 2.45) is 0 Å². The van der Waals surface area contributed by atoms with E-state index in [9.17, 15) is 13.2 Å². The highest BCUT2D eigenvalue weighted by Crippen LogP contribution is 2.41. The summed E-state index contributed by atoms with van der Waals surface area (Å²) in [6.45, 7) is 3.94. The zero-order valence-electron chi connectivity index (χ0n) is 17.8. The van der Waals surface area contributed by atoms with Crippen molar-refractivity contribution in [1.82, 2.24) is 14.8 Å². The maximum atomic E-state index is 13.3. The van der Waals surface area contributed by atoms with E-state index in [1.165, 1.54) is 0 Å². The van der Waals surface area contributed by atoms with Crippen molar-refractivity contribution < 1.29 is 13.2 Å². The number of fused-ring (bicyclic) bond motifs is 1. The zero-order chi connectivity index (χ0) is 21.8. The predicted octanol–water partition coefficient (Wildman–Crippen LogP) is 3.79. The predicted molar refractivity (Wildman–Crippen MR) is 120 cm³/mol. The maximum absolute atomic E-state index is 13.3. The molecule has 5 rings (SSSR count). The number of carbonyl (C=O) groups excluding carboxylic acids is 1. The summed E-state index contributed by atoms with van der Waals surface area (Å²) in [6, 6.07) is 9.50. The number of nitrogens with zero attached hydrogens (tertiary/aromatic N) is 3. The van der Waals surface area contributed by atoms with Gasteiger partial charge in [0.1, 0.15) is 0 Å². The third kappa shape index (κ3) is 3.84. The highest BCUT2D eigenvalue weighted by molar-refractivity contribution is 7.91. The van der Waals surface area contributed by atoms with Gasteiger partial charge in [-0.05, 0) is 56.4 Å². The van der Waals surface area contributed by atoms with Gasteiger partial charge < -0.3 is 5.32 Å². The van der Waals surface area contributed by atoms with Crippen molar-refractivity contribution in [3.8, 4) is 0 Å². The molecule has 1 aliphatic heterocycles. The highest BCUT2D eigenvalue weighted by atomic mass is 32.2. The molecule has 2 aromatic heterocycles. The van der Waals surface area contributed by atoms with Gasteiger partial charge in [0.05, 0.1) is 34.2 Å². The normalized spacial score (nSPS) is 20.3. The number of amides is 1. The molecule has 3 heterocycles. The second kappa shape index (κ2) is 7.44. The van der Waals surface area contributed by atoms with Gasteiger partial charge in [-0.15, -0.1) is 0 Å². The van der Waals surface area contributed by atoms with Crippen molar-refractivity contribution in [3.05, 3.63) is 52.8 Å². The first-order valence-electron chi connectivity index (χ1n) is 10.8. The quantitative estimate of drug-likeness (QED) is 0.654. The summed E-state index contributed by atoms with van der Waals surface area (Å²) in [7, 11) is -3.06. The lowest BCUT2D eigenvalue weighted by Gasteiger charge is -2.12. The molecule has 1 saturated heterocycles. The minimum absolute atomic E-state index is 0.0733. The number of aryl methyl sites for hydroxylation is 2. The van der Waals surface area contributed by atoms with Crippen molar-refractivity contribution in [3.63, 3.8) is 0 Å². The molecule has 162 valence electrons. The second-order valence-corrected chi connectivity index (χ2v) is 10.9. The number of carbonyl (C=O) groups is 1. The standard InChI is InChI=1S/C23H26N4O3S/c1-3-15-5-4-6-17(11-15)24-23(28)19-12-20(16-7-8-16)25-22-21(19)14(2)26-27(22)18-9-10-31(29,30)13-18/h4-6,11-12,16,18H,3,7-10,13H2,1-2H3,(H,24,28). The SMILES string of the molecule is CCc1cccc(NC(=O)c2cc(C3CC3)nc3c2c(C)nn3C2CCS(=O)(=O)C2)c1. The monoisotopic (exact) mass is 438 g/mol. The van der Waals surface area contributed by atoms with Crippen molar-refractivity contribution in [2.45, 2.75) is 51.5 Å². The summed E-state index contributed by atoms with van der Waals surface area (Å²) in [5, 5.41) is 8.38. The Morgan fingerprint density at radius 1 is 1.23 bits per heavy atom. The zero-order valence-corrected chi connectivity index (χ0v) is 18.6. The van der Waals surface area contributed by atoms with Gasteiger partial charge in [0.25, 0.3) is 5.91 Å². The third-order valence-electron chi connectivity index (χ3n) is 6.24. The molecule has 1 saturated carbocycles. The van der Waals surface area contributed by atoms with Gasteiger partial charge in [0, 0.05) is 17.3 Å². The van der Waals surface area contributed by atoms with Crippen LogP contribution in [-0.2, 0) is 16.3 Å². The van der Waals surface area contributed by atoms with Gasteiger partial charge in [-0.1, -0.05) is 19.1 Å². The van der Waals surface area contributed by atoms with Gasteiger partial charge in [0.15, 0.2) is 15.5 Å². The Hall–Kier alpha value is -2.74. The van der Waals surface area contributed by atoms with Gasteiger partial charge in [0.2, 0.25) is 0 Å². The molecular formula is C23H26N4O3S. The fourth-order valence-electron chi connectivity index (χ4n) is 4.39. The van der Waals surface area contributed by atoms with Crippen LogP contribution in [0.3, 0.4) is 0 Å². The van der Waals surface area contributed by atoms with Crippen LogP contribution < -0.4 is 5.32 Å². The number of aromatic nitrogens is 3. The van der Waals surface area contributed by atoms with E-state index in [1.807, 2.05) is 37.3 Å². The summed E-state index contributed by atoms with van der Waals surface area (Å²) < 4.78 is 25.8. The summed E-state index contributed by atoms with van der Waals surface area (Å²) in [6.07, 6.45) is 3.54. The van der Waals surface area contributed by atoms with Crippen LogP contribution in [0.5, 0.6) is 0 Å². The molecule has 1 aliphatic carbocycles. The topological polar surface area (TPSA) is 93.9 Å². The van der Waals surface area contributed by atoms with E-state index in [4.69, 9.17) is 4.98 Å². The summed E-state index contributed by atoms with van der Waals surface area (Å²) in [4.78, 5) is 18.2. The number of anilines is 1. The summed E-state index contributed by atoms with van der Waals surface area (Å²) >= 11 is 0. The van der Waals surface area contributed by atoms with Crippen LogP contribution in [-0.4, -0.2) is 40.6 Å². The van der Waals surface area contributed by atoms with E-state index >= 15 is 0 Å². The molecule has 1 N–H and O–H groups in total. The Bertz CT molecular complexity index is 1290. The molecule has 1 amide bonds. The number of benzene rings is 1. The average molecular weight is 439 g/mol. The Labute approximate surface area is 181 Å². The molecule has 8 heteroatoms. The largest absolute Gasteiger partial charge is 0.322 e. The van der Waals surface area contributed by atoms with E-state index in [0.29, 0.717) is 34.6 Å². The number of sulfone groups is 1. The van der Waals surface area contributed by atoms with Crippen LogP contribution in [0.15, 0.2) is 30.3 Å². The van der Waals surface area contributed by atoms with Crippen molar-refractivity contribution >= 4 is 32.5 Å². The first-order valence-corrected chi connectivity index (χ1v) is 12.7. The van der Waals surface area contributed by atoms with Gasteiger partial charge in [-0.2, -0.15) is 5.10 Å². The average Bonchev–Trinajstić information content (AvgIpc) is 3.46. The minimum Gasteiger partial charge on any atom is -0.322 e. The molecule has 2 fully saturated rings. The number of nitrogens with one attached hydrogen (secondary N) is 1. The first kappa shape index (κ1) is 20.2. The molecule has 1 aromatic carbocycles. The molecule has 2 aliphatic rings. The Balaban J connectivity index is 1.59. The fourth-order valence-corrected chi connectivity index (χ4v) is 6.08. The summed E-state index contributed by atoms with van der Waals surface area (Å²) in [5.41, 5.74) is 4.68. The molecule has 1 atom stereocenters. The third-order valence-corrected chi connectivity index (χ3v) is 7.99. The Kier molecular flexibility index (Phi) is 4.84. The number of rotatable bonds is 5. The number of hydrogen-bond acceptors (Lipinski definition) is 5. The van der Waals surface area contributed by atoms with E-state index < -0.39 is 9.84 Å². The van der Waals surface area contributed by atoms with Crippen LogP contribution in [0.4, 0.5) is 5.69 Å². The van der Waals surface area contributed by atoms with Crippen LogP contribution in [0.2, 0.25) is 0 Å². The van der Waals surface area contributed by atoms with Crippen molar-refractivity contribution in [1.29, 1.82) is 0 Å². The van der Waals surface area contributed by atoms with E-state index in [0.717, 1.165) is 36.2 Å². The number of pyridine rings is 1. The smallest absolute Gasteiger partial charge is 0.256 e. The lowest BCUT2D eigenvalue weighted by Crippen LogP contribution is -2.15. The molecule has 3 aromatic rings. The molecular weight excluding hydrogens is 412 g/mol. The van der Waals surface area contributed by atoms with E-state index in [-0.39, 0.29) is 23.5 Å². The van der Waals surface area contributed by atoms with Gasteiger partial charge in [-0.25, -0.2) is 18.1 Å². The lowest BCUT2D eigenvalue weighted by atomic mass is 10.1. The number of hydrogen-bond donors (Lipinski definition) is 1. The van der Waals surface area contributed by atoms with Crippen LogP contribution in [0.25, 0.3) is 11.0 Å².